The molecule has 160 valence electrons. The second-order valence-corrected chi connectivity index (χ2v) is 7.64. The number of thiazole rings is 1. The number of rotatable bonds is 7. The van der Waals surface area contributed by atoms with Gasteiger partial charge in [-0.1, -0.05) is 6.07 Å². The van der Waals surface area contributed by atoms with Crippen molar-refractivity contribution in [2.24, 2.45) is 4.99 Å². The Morgan fingerprint density at radius 3 is 2.70 bits per heavy atom. The molecule has 30 heavy (non-hydrogen) atoms. The van der Waals surface area contributed by atoms with E-state index in [4.69, 9.17) is 4.74 Å². The molecule has 3 rings (SSSR count). The Morgan fingerprint density at radius 1 is 1.23 bits per heavy atom. The van der Waals surface area contributed by atoms with E-state index in [0.717, 1.165) is 22.8 Å². The molecule has 0 saturated heterocycles. The third-order valence-corrected chi connectivity index (χ3v) is 5.18. The average molecular weight is 541 g/mol. The lowest BCUT2D eigenvalue weighted by Gasteiger charge is -2.11. The molecular weight excluding hydrogens is 516 g/mol. The number of halogens is 2. The smallest absolute Gasteiger partial charge is 0.191 e. The highest BCUT2D eigenvalue weighted by Gasteiger charge is 2.08. The lowest BCUT2D eigenvalue weighted by molar-refractivity contribution is 0.440. The van der Waals surface area contributed by atoms with Crippen LogP contribution in [0.15, 0.2) is 47.7 Å². The van der Waals surface area contributed by atoms with Crippen LogP contribution in [0.25, 0.3) is 0 Å². The molecule has 1 aromatic carbocycles. The molecule has 0 aliphatic heterocycles. The van der Waals surface area contributed by atoms with Crippen molar-refractivity contribution in [3.8, 4) is 11.5 Å². The van der Waals surface area contributed by atoms with Gasteiger partial charge < -0.3 is 15.4 Å². The van der Waals surface area contributed by atoms with Gasteiger partial charge in [0, 0.05) is 17.6 Å². The van der Waals surface area contributed by atoms with E-state index in [1.807, 2.05) is 13.8 Å². The summed E-state index contributed by atoms with van der Waals surface area (Å²) in [5, 5.41) is 7.47. The molecule has 6 nitrogen and oxygen atoms in total. The van der Waals surface area contributed by atoms with Crippen LogP contribution in [0.2, 0.25) is 0 Å². The van der Waals surface area contributed by atoms with Gasteiger partial charge >= 0.3 is 0 Å². The van der Waals surface area contributed by atoms with Gasteiger partial charge in [-0.2, -0.15) is 0 Å². The summed E-state index contributed by atoms with van der Waals surface area (Å²) in [4.78, 5) is 14.2. The predicted octanol–water partition coefficient (Wildman–Crippen LogP) is 4.96. The Hall–Kier alpha value is -2.27. The fraction of sp³-hybridized carbons (Fsp3) is 0.286. The number of ether oxygens (including phenoxy) is 1. The van der Waals surface area contributed by atoms with Gasteiger partial charge in [0.05, 0.1) is 25.0 Å². The number of pyridine rings is 1. The van der Waals surface area contributed by atoms with Gasteiger partial charge in [-0.3, -0.25) is 4.98 Å². The number of aliphatic imine (C=N–C) groups is 1. The number of hydrogen-bond acceptors (Lipinski definition) is 5. The van der Waals surface area contributed by atoms with E-state index < -0.39 is 5.82 Å². The van der Waals surface area contributed by atoms with Crippen molar-refractivity contribution in [1.29, 1.82) is 0 Å². The zero-order valence-corrected chi connectivity index (χ0v) is 20.3. The second kappa shape index (κ2) is 11.8. The van der Waals surface area contributed by atoms with Crippen LogP contribution in [0, 0.1) is 19.7 Å². The first-order valence-electron chi connectivity index (χ1n) is 9.36. The quantitative estimate of drug-likeness (QED) is 0.252. The van der Waals surface area contributed by atoms with E-state index in [2.05, 4.69) is 32.5 Å². The highest BCUT2D eigenvalue weighted by molar-refractivity contribution is 14.0. The molecule has 0 saturated carbocycles. The summed E-state index contributed by atoms with van der Waals surface area (Å²) < 4.78 is 19.9. The summed E-state index contributed by atoms with van der Waals surface area (Å²) in [6.07, 6.45) is 3.18. The molecule has 3 aromatic rings. The maximum atomic E-state index is 14.4. The van der Waals surface area contributed by atoms with Crippen molar-refractivity contribution >= 4 is 41.3 Å². The van der Waals surface area contributed by atoms with Gasteiger partial charge in [0.2, 0.25) is 0 Å². The topological polar surface area (TPSA) is 71.4 Å². The van der Waals surface area contributed by atoms with Crippen LogP contribution in [-0.4, -0.2) is 22.5 Å². The molecule has 2 aromatic heterocycles. The number of hydrogen-bond donors (Lipinski definition) is 2. The first-order chi connectivity index (χ1) is 14.0. The number of nitrogens with one attached hydrogen (secondary N) is 2. The first-order valence-corrected chi connectivity index (χ1v) is 10.2. The minimum Gasteiger partial charge on any atom is -0.453 e. The van der Waals surface area contributed by atoms with Gasteiger partial charge in [0.25, 0.3) is 0 Å². The van der Waals surface area contributed by atoms with E-state index in [0.29, 0.717) is 24.8 Å². The summed E-state index contributed by atoms with van der Waals surface area (Å²) >= 11 is 1.67. The minimum atomic E-state index is -0.437. The molecule has 0 amide bonds. The number of aryl methyl sites for hydroxylation is 2. The molecule has 0 unspecified atom stereocenters. The van der Waals surface area contributed by atoms with Gasteiger partial charge in [-0.25, -0.2) is 14.4 Å². The van der Waals surface area contributed by atoms with Crippen molar-refractivity contribution in [1.82, 2.24) is 20.6 Å². The van der Waals surface area contributed by atoms with Crippen molar-refractivity contribution in [3.63, 3.8) is 0 Å². The van der Waals surface area contributed by atoms with Crippen molar-refractivity contribution in [3.05, 3.63) is 69.7 Å². The van der Waals surface area contributed by atoms with Crippen molar-refractivity contribution in [2.75, 3.05) is 6.54 Å². The highest BCUT2D eigenvalue weighted by Crippen LogP contribution is 2.24. The maximum Gasteiger partial charge on any atom is 0.191 e. The fourth-order valence-electron chi connectivity index (χ4n) is 2.55. The summed E-state index contributed by atoms with van der Waals surface area (Å²) in [5.41, 5.74) is 1.80. The summed E-state index contributed by atoms with van der Waals surface area (Å²) in [5.74, 6) is 0.871. The molecule has 0 aliphatic rings. The van der Waals surface area contributed by atoms with E-state index in [-0.39, 0.29) is 29.7 Å². The average Bonchev–Trinajstić information content (AvgIpc) is 3.04. The Kier molecular flexibility index (Phi) is 9.44. The third kappa shape index (κ3) is 6.91. The van der Waals surface area contributed by atoms with Gasteiger partial charge in [-0.05, 0) is 50.6 Å². The van der Waals surface area contributed by atoms with Crippen LogP contribution in [0.3, 0.4) is 0 Å². The molecule has 0 aliphatic carbocycles. The molecule has 0 radical (unpaired) electrons. The zero-order chi connectivity index (χ0) is 20.6. The largest absolute Gasteiger partial charge is 0.453 e. The molecule has 0 fully saturated rings. The van der Waals surface area contributed by atoms with Crippen LogP contribution in [0.4, 0.5) is 4.39 Å². The predicted molar refractivity (Wildman–Crippen MR) is 129 cm³/mol. The fourth-order valence-corrected chi connectivity index (χ4v) is 3.42. The highest BCUT2D eigenvalue weighted by atomic mass is 127. The normalized spacial score (nSPS) is 11.0. The molecular formula is C21H25FIN5OS. The maximum absolute atomic E-state index is 14.4. The summed E-state index contributed by atoms with van der Waals surface area (Å²) in [7, 11) is 0. The molecule has 0 spiro atoms. The number of nitrogens with zero attached hydrogens (tertiary/aromatic N) is 3. The van der Waals surface area contributed by atoms with Gasteiger partial charge in [-0.15, -0.1) is 35.3 Å². The molecule has 2 N–H and O–H groups in total. The summed E-state index contributed by atoms with van der Waals surface area (Å²) in [6, 6.07) is 8.31. The number of aromatic nitrogens is 2. The molecule has 9 heteroatoms. The lowest BCUT2D eigenvalue weighted by atomic mass is 10.2. The summed E-state index contributed by atoms with van der Waals surface area (Å²) in [6.45, 7) is 7.73. The van der Waals surface area contributed by atoms with E-state index in [9.17, 15) is 4.39 Å². The SMILES string of the molecule is CCNC(=NCc1ccc(Oc2cccnc2)c(F)c1)NCc1nc(C)c(C)s1.I. The number of guanidine groups is 1. The Bertz CT molecular complexity index is 961. The standard InChI is InChI=1S/C21H24FN5OS.HI/c1-4-24-21(26-13-20-27-14(2)15(3)29-20)25-11-16-7-8-19(18(22)10-16)28-17-6-5-9-23-12-17;/h5-10,12H,4,11,13H2,1-3H3,(H2,24,25,26);1H. The first kappa shape index (κ1) is 24.0. The molecule has 0 atom stereocenters. The molecule has 2 heterocycles. The van der Waals surface area contributed by atoms with Crippen LogP contribution in [0.5, 0.6) is 11.5 Å². The van der Waals surface area contributed by atoms with E-state index in [1.165, 1.54) is 17.1 Å². The molecule has 0 bridgehead atoms. The third-order valence-electron chi connectivity index (χ3n) is 4.10. The minimum absolute atomic E-state index is 0. The van der Waals surface area contributed by atoms with Crippen molar-refractivity contribution in [2.45, 2.75) is 33.9 Å². The van der Waals surface area contributed by atoms with Gasteiger partial charge in [0.15, 0.2) is 17.5 Å². The van der Waals surface area contributed by atoms with Crippen LogP contribution >= 0.6 is 35.3 Å². The van der Waals surface area contributed by atoms with E-state index >= 15 is 0 Å². The number of benzene rings is 1. The van der Waals surface area contributed by atoms with Crippen LogP contribution in [-0.2, 0) is 13.1 Å². The zero-order valence-electron chi connectivity index (χ0n) is 17.1. The van der Waals surface area contributed by atoms with Crippen LogP contribution < -0.4 is 15.4 Å². The van der Waals surface area contributed by atoms with Crippen molar-refractivity contribution < 1.29 is 9.13 Å². The van der Waals surface area contributed by atoms with Crippen LogP contribution in [0.1, 0.15) is 28.1 Å². The van der Waals surface area contributed by atoms with Gasteiger partial charge in [0.1, 0.15) is 10.8 Å². The Labute approximate surface area is 197 Å². The Morgan fingerprint density at radius 2 is 2.07 bits per heavy atom. The second-order valence-electron chi connectivity index (χ2n) is 6.35. The lowest BCUT2D eigenvalue weighted by Crippen LogP contribution is -2.36. The van der Waals surface area contributed by atoms with E-state index in [1.54, 1.807) is 41.8 Å². The monoisotopic (exact) mass is 541 g/mol. The Balaban J connectivity index is 0.00000320.